The summed E-state index contributed by atoms with van der Waals surface area (Å²) < 4.78 is 4.45. The minimum absolute atomic E-state index is 0.0000950. The summed E-state index contributed by atoms with van der Waals surface area (Å²) in [5, 5.41) is 8.87. The predicted molar refractivity (Wildman–Crippen MR) is 53.4 cm³/mol. The van der Waals surface area contributed by atoms with Gasteiger partial charge >= 0.3 is 5.97 Å². The fraction of sp³-hybridized carbons (Fsp3) is 0.182. The average Bonchev–Trinajstić information content (AvgIpc) is 2.26. The molecule has 0 aromatic heterocycles. The van der Waals surface area contributed by atoms with Crippen LogP contribution in [0.1, 0.15) is 11.1 Å². The van der Waals surface area contributed by atoms with Crippen LogP contribution < -0.4 is 0 Å². The molecule has 0 amide bonds. The highest BCUT2D eigenvalue weighted by Gasteiger charge is 1.93. The lowest BCUT2D eigenvalue weighted by atomic mass is 10.1. The van der Waals surface area contributed by atoms with Crippen molar-refractivity contribution in [2.24, 2.45) is 0 Å². The van der Waals surface area contributed by atoms with Gasteiger partial charge in [0.05, 0.1) is 13.7 Å². The van der Waals surface area contributed by atoms with Gasteiger partial charge in [-0.05, 0) is 23.3 Å². The van der Waals surface area contributed by atoms with Crippen LogP contribution in [0.3, 0.4) is 0 Å². The van der Waals surface area contributed by atoms with E-state index in [1.54, 1.807) is 12.1 Å². The molecule has 0 aliphatic heterocycles. The Morgan fingerprint density at radius 2 is 2.36 bits per heavy atom. The first-order chi connectivity index (χ1) is 6.76. The van der Waals surface area contributed by atoms with Crippen molar-refractivity contribution in [3.63, 3.8) is 0 Å². The largest absolute Gasteiger partial charge is 0.466 e. The van der Waals surface area contributed by atoms with Crippen molar-refractivity contribution < 1.29 is 14.6 Å². The van der Waals surface area contributed by atoms with Crippen molar-refractivity contribution in [2.75, 3.05) is 7.11 Å². The van der Waals surface area contributed by atoms with Crippen LogP contribution in [-0.4, -0.2) is 18.2 Å². The maximum atomic E-state index is 10.8. The molecule has 1 aromatic carbocycles. The van der Waals surface area contributed by atoms with Crippen molar-refractivity contribution in [2.45, 2.75) is 6.61 Å². The number of aliphatic hydroxyl groups is 1. The second-order valence-electron chi connectivity index (χ2n) is 2.76. The second kappa shape index (κ2) is 5.19. The van der Waals surface area contributed by atoms with Crippen LogP contribution in [0.15, 0.2) is 30.3 Å². The maximum Gasteiger partial charge on any atom is 0.330 e. The lowest BCUT2D eigenvalue weighted by Crippen LogP contribution is -1.93. The molecule has 0 aliphatic carbocycles. The zero-order valence-electron chi connectivity index (χ0n) is 7.93. The van der Waals surface area contributed by atoms with Crippen LogP contribution in [0, 0.1) is 0 Å². The summed E-state index contributed by atoms with van der Waals surface area (Å²) in [6.45, 7) is -0.0000950. The van der Waals surface area contributed by atoms with Gasteiger partial charge in [0.1, 0.15) is 0 Å². The minimum atomic E-state index is -0.389. The Balaban J connectivity index is 2.76. The molecule has 14 heavy (non-hydrogen) atoms. The normalized spacial score (nSPS) is 10.4. The fourth-order valence-corrected chi connectivity index (χ4v) is 1.03. The Bertz CT molecular complexity index is 342. The van der Waals surface area contributed by atoms with Gasteiger partial charge in [-0.3, -0.25) is 0 Å². The topological polar surface area (TPSA) is 46.5 Å². The monoisotopic (exact) mass is 192 g/mol. The van der Waals surface area contributed by atoms with Crippen molar-refractivity contribution in [1.82, 2.24) is 0 Å². The van der Waals surface area contributed by atoms with Crippen LogP contribution in [0.2, 0.25) is 0 Å². The summed E-state index contributed by atoms with van der Waals surface area (Å²) in [4.78, 5) is 10.8. The number of esters is 1. The van der Waals surface area contributed by atoms with Gasteiger partial charge in [0.15, 0.2) is 0 Å². The summed E-state index contributed by atoms with van der Waals surface area (Å²) in [5.41, 5.74) is 1.68. The van der Waals surface area contributed by atoms with E-state index in [0.717, 1.165) is 11.1 Å². The quantitative estimate of drug-likeness (QED) is 0.581. The number of benzene rings is 1. The molecule has 1 N–H and O–H groups in total. The minimum Gasteiger partial charge on any atom is -0.466 e. The highest BCUT2D eigenvalue weighted by molar-refractivity contribution is 5.86. The van der Waals surface area contributed by atoms with Crippen molar-refractivity contribution in [1.29, 1.82) is 0 Å². The van der Waals surface area contributed by atoms with E-state index in [0.29, 0.717) is 0 Å². The molecular weight excluding hydrogens is 180 g/mol. The molecule has 0 unspecified atom stereocenters. The SMILES string of the molecule is COC(=O)C=Cc1cccc(CO)c1. The first-order valence-electron chi connectivity index (χ1n) is 4.22. The fourth-order valence-electron chi connectivity index (χ4n) is 1.03. The number of ether oxygens (including phenoxy) is 1. The Labute approximate surface area is 82.6 Å². The lowest BCUT2D eigenvalue weighted by molar-refractivity contribution is -0.134. The lowest BCUT2D eigenvalue weighted by Gasteiger charge is -1.97. The summed E-state index contributed by atoms with van der Waals surface area (Å²) in [6.07, 6.45) is 2.99. The van der Waals surface area contributed by atoms with E-state index in [4.69, 9.17) is 5.11 Å². The molecule has 0 fully saturated rings. The van der Waals surface area contributed by atoms with Gasteiger partial charge in [-0.2, -0.15) is 0 Å². The Morgan fingerprint density at radius 3 is 3.00 bits per heavy atom. The molecule has 74 valence electrons. The van der Waals surface area contributed by atoms with E-state index < -0.39 is 0 Å². The summed E-state index contributed by atoms with van der Waals surface area (Å²) in [5.74, 6) is -0.389. The molecule has 0 bridgehead atoms. The maximum absolute atomic E-state index is 10.8. The highest BCUT2D eigenvalue weighted by Crippen LogP contribution is 2.06. The number of carbonyl (C=O) groups excluding carboxylic acids is 1. The van der Waals surface area contributed by atoms with E-state index in [1.807, 2.05) is 18.2 Å². The standard InChI is InChI=1S/C11H12O3/c1-14-11(13)6-5-9-3-2-4-10(7-9)8-12/h2-7,12H,8H2,1H3. The van der Waals surface area contributed by atoms with Gasteiger partial charge in [-0.15, -0.1) is 0 Å². The van der Waals surface area contributed by atoms with Crippen molar-refractivity contribution >= 4 is 12.0 Å². The highest BCUT2D eigenvalue weighted by atomic mass is 16.5. The third-order valence-electron chi connectivity index (χ3n) is 1.75. The first-order valence-corrected chi connectivity index (χ1v) is 4.22. The molecule has 0 heterocycles. The number of rotatable bonds is 3. The molecule has 0 spiro atoms. The third kappa shape index (κ3) is 3.03. The van der Waals surface area contributed by atoms with Crippen LogP contribution in [-0.2, 0) is 16.1 Å². The first kappa shape index (κ1) is 10.5. The van der Waals surface area contributed by atoms with Crippen LogP contribution in [0.4, 0.5) is 0 Å². The number of hydrogen-bond acceptors (Lipinski definition) is 3. The van der Waals surface area contributed by atoms with Gasteiger partial charge < -0.3 is 9.84 Å². The Kier molecular flexibility index (Phi) is 3.88. The summed E-state index contributed by atoms with van der Waals surface area (Å²) in [7, 11) is 1.33. The Morgan fingerprint density at radius 1 is 1.57 bits per heavy atom. The van der Waals surface area contributed by atoms with Crippen LogP contribution in [0.25, 0.3) is 6.08 Å². The molecular formula is C11H12O3. The molecule has 1 aromatic rings. The number of hydrogen-bond donors (Lipinski definition) is 1. The zero-order chi connectivity index (χ0) is 10.4. The van der Waals surface area contributed by atoms with Gasteiger partial charge in [0.2, 0.25) is 0 Å². The van der Waals surface area contributed by atoms with Gasteiger partial charge in [-0.25, -0.2) is 4.79 Å². The predicted octanol–water partition coefficient (Wildman–Crippen LogP) is 1.37. The van der Waals surface area contributed by atoms with E-state index in [9.17, 15) is 4.79 Å². The van der Waals surface area contributed by atoms with E-state index in [-0.39, 0.29) is 12.6 Å². The molecule has 0 radical (unpaired) electrons. The van der Waals surface area contributed by atoms with Crippen LogP contribution in [0.5, 0.6) is 0 Å². The molecule has 0 saturated heterocycles. The van der Waals surface area contributed by atoms with E-state index in [2.05, 4.69) is 4.74 Å². The van der Waals surface area contributed by atoms with Gasteiger partial charge in [0.25, 0.3) is 0 Å². The van der Waals surface area contributed by atoms with Gasteiger partial charge in [-0.1, -0.05) is 18.2 Å². The smallest absolute Gasteiger partial charge is 0.330 e. The van der Waals surface area contributed by atoms with Crippen LogP contribution >= 0.6 is 0 Å². The molecule has 0 atom stereocenters. The zero-order valence-corrected chi connectivity index (χ0v) is 7.93. The van der Waals surface area contributed by atoms with E-state index >= 15 is 0 Å². The van der Waals surface area contributed by atoms with Crippen molar-refractivity contribution in [3.05, 3.63) is 41.5 Å². The third-order valence-corrected chi connectivity index (χ3v) is 1.75. The number of methoxy groups -OCH3 is 1. The molecule has 1 rings (SSSR count). The molecule has 3 heteroatoms. The average molecular weight is 192 g/mol. The second-order valence-corrected chi connectivity index (χ2v) is 2.76. The number of carbonyl (C=O) groups is 1. The van der Waals surface area contributed by atoms with Gasteiger partial charge in [0, 0.05) is 6.08 Å². The molecule has 0 saturated carbocycles. The molecule has 3 nitrogen and oxygen atoms in total. The summed E-state index contributed by atoms with van der Waals surface area (Å²) >= 11 is 0. The van der Waals surface area contributed by atoms with E-state index in [1.165, 1.54) is 13.2 Å². The molecule has 0 aliphatic rings. The van der Waals surface area contributed by atoms with Crippen molar-refractivity contribution in [3.8, 4) is 0 Å². The number of aliphatic hydroxyl groups excluding tert-OH is 1. The Hall–Kier alpha value is -1.61. The summed E-state index contributed by atoms with van der Waals surface area (Å²) in [6, 6.07) is 7.29.